The van der Waals surface area contributed by atoms with Gasteiger partial charge in [-0.3, -0.25) is 0 Å². The summed E-state index contributed by atoms with van der Waals surface area (Å²) in [6.07, 6.45) is 2.47. The molecule has 0 saturated carbocycles. The molecule has 1 atom stereocenters. The Hall–Kier alpha value is -1.65. The van der Waals surface area contributed by atoms with Crippen LogP contribution in [-0.4, -0.2) is 36.7 Å². The molecule has 1 saturated heterocycles. The van der Waals surface area contributed by atoms with Crippen LogP contribution in [0.4, 0.5) is 4.79 Å². The number of ether oxygens (including phenoxy) is 1. The van der Waals surface area contributed by atoms with Gasteiger partial charge < -0.3 is 20.7 Å². The van der Waals surface area contributed by atoms with E-state index >= 15 is 0 Å². The van der Waals surface area contributed by atoms with Crippen molar-refractivity contribution in [2.24, 2.45) is 11.7 Å². The van der Waals surface area contributed by atoms with Crippen LogP contribution < -0.4 is 11.1 Å². The van der Waals surface area contributed by atoms with Crippen LogP contribution in [0, 0.1) is 5.92 Å². The fourth-order valence-electron chi connectivity index (χ4n) is 2.10. The van der Waals surface area contributed by atoms with Crippen molar-refractivity contribution < 1.29 is 9.53 Å². The van der Waals surface area contributed by atoms with Crippen molar-refractivity contribution >= 4 is 6.09 Å². The summed E-state index contributed by atoms with van der Waals surface area (Å²) >= 11 is 0. The van der Waals surface area contributed by atoms with Gasteiger partial charge >= 0.3 is 6.09 Å². The average molecular weight is 267 g/mol. The van der Waals surface area contributed by atoms with E-state index in [4.69, 9.17) is 10.5 Å². The SMILES string of the molecule is C=C(N)/C=C(\NC)C1CCN(C(=O)OC(C)(C)C)C1. The molecule has 1 aliphatic rings. The van der Waals surface area contributed by atoms with Gasteiger partial charge in [-0.2, -0.15) is 0 Å². The van der Waals surface area contributed by atoms with Crippen molar-refractivity contribution in [3.8, 4) is 0 Å². The van der Waals surface area contributed by atoms with Crippen LogP contribution in [0.25, 0.3) is 0 Å². The molecule has 108 valence electrons. The van der Waals surface area contributed by atoms with Crippen LogP contribution in [0.3, 0.4) is 0 Å². The lowest BCUT2D eigenvalue weighted by Gasteiger charge is -2.24. The normalized spacial score (nSPS) is 20.3. The number of amides is 1. The van der Waals surface area contributed by atoms with Crippen molar-refractivity contribution in [2.75, 3.05) is 20.1 Å². The number of carbonyl (C=O) groups is 1. The van der Waals surface area contributed by atoms with Crippen LogP contribution in [-0.2, 0) is 4.74 Å². The molecule has 19 heavy (non-hydrogen) atoms. The molecule has 0 aromatic carbocycles. The Balaban J connectivity index is 2.63. The Morgan fingerprint density at radius 3 is 2.63 bits per heavy atom. The maximum absolute atomic E-state index is 12.0. The molecule has 1 rings (SSSR count). The van der Waals surface area contributed by atoms with Gasteiger partial charge in [0.2, 0.25) is 0 Å². The zero-order valence-electron chi connectivity index (χ0n) is 12.3. The van der Waals surface area contributed by atoms with Gasteiger partial charge in [-0.15, -0.1) is 0 Å². The van der Waals surface area contributed by atoms with Crippen LogP contribution in [0.1, 0.15) is 27.2 Å². The fraction of sp³-hybridized carbons (Fsp3) is 0.643. The summed E-state index contributed by atoms with van der Waals surface area (Å²) < 4.78 is 5.37. The third kappa shape index (κ3) is 4.85. The number of allylic oxidation sites excluding steroid dienone is 1. The van der Waals surface area contributed by atoms with Gasteiger partial charge in [-0.05, 0) is 33.3 Å². The lowest BCUT2D eigenvalue weighted by molar-refractivity contribution is 0.0290. The molecule has 0 bridgehead atoms. The van der Waals surface area contributed by atoms with E-state index in [0.29, 0.717) is 18.8 Å². The van der Waals surface area contributed by atoms with Crippen molar-refractivity contribution in [1.82, 2.24) is 10.2 Å². The Labute approximate surface area is 115 Å². The second-order valence-electron chi connectivity index (χ2n) is 5.84. The van der Waals surface area contributed by atoms with Gasteiger partial charge in [0.15, 0.2) is 0 Å². The van der Waals surface area contributed by atoms with E-state index in [1.165, 1.54) is 0 Å². The first-order chi connectivity index (χ1) is 8.73. The second kappa shape index (κ2) is 5.99. The Morgan fingerprint density at radius 1 is 1.53 bits per heavy atom. The molecular weight excluding hydrogens is 242 g/mol. The van der Waals surface area contributed by atoms with E-state index < -0.39 is 5.60 Å². The lowest BCUT2D eigenvalue weighted by atomic mass is 10.0. The summed E-state index contributed by atoms with van der Waals surface area (Å²) in [6, 6.07) is 0. The molecule has 0 aromatic heterocycles. The van der Waals surface area contributed by atoms with Crippen molar-refractivity contribution in [2.45, 2.75) is 32.8 Å². The summed E-state index contributed by atoms with van der Waals surface area (Å²) in [5.41, 5.74) is 6.67. The molecule has 1 fully saturated rings. The molecule has 1 amide bonds. The monoisotopic (exact) mass is 267 g/mol. The molecular formula is C14H25N3O2. The molecule has 0 aliphatic carbocycles. The van der Waals surface area contributed by atoms with Crippen molar-refractivity contribution in [3.05, 3.63) is 24.0 Å². The first kappa shape index (κ1) is 15.4. The van der Waals surface area contributed by atoms with Gasteiger partial charge in [-0.1, -0.05) is 6.58 Å². The van der Waals surface area contributed by atoms with E-state index in [1.807, 2.05) is 33.9 Å². The summed E-state index contributed by atoms with van der Waals surface area (Å²) in [7, 11) is 1.85. The van der Waals surface area contributed by atoms with Gasteiger partial charge in [0.25, 0.3) is 0 Å². The lowest BCUT2D eigenvalue weighted by Crippen LogP contribution is -2.35. The number of nitrogens with one attached hydrogen (secondary N) is 1. The highest BCUT2D eigenvalue weighted by molar-refractivity contribution is 5.68. The van der Waals surface area contributed by atoms with E-state index in [-0.39, 0.29) is 12.0 Å². The molecule has 0 aromatic rings. The number of hydrogen-bond acceptors (Lipinski definition) is 4. The zero-order valence-corrected chi connectivity index (χ0v) is 12.3. The molecule has 0 spiro atoms. The molecule has 1 heterocycles. The quantitative estimate of drug-likeness (QED) is 0.765. The van der Waals surface area contributed by atoms with E-state index in [1.54, 1.807) is 4.90 Å². The van der Waals surface area contributed by atoms with Gasteiger partial charge in [0.1, 0.15) is 5.60 Å². The van der Waals surface area contributed by atoms with Crippen LogP contribution in [0.15, 0.2) is 24.0 Å². The largest absolute Gasteiger partial charge is 0.444 e. The number of likely N-dealkylation sites (tertiary alicyclic amines) is 1. The number of rotatable bonds is 3. The van der Waals surface area contributed by atoms with Crippen molar-refractivity contribution in [3.63, 3.8) is 0 Å². The summed E-state index contributed by atoms with van der Waals surface area (Å²) in [5.74, 6) is 0.262. The first-order valence-corrected chi connectivity index (χ1v) is 6.54. The summed E-state index contributed by atoms with van der Waals surface area (Å²) in [5, 5.41) is 3.12. The summed E-state index contributed by atoms with van der Waals surface area (Å²) in [4.78, 5) is 13.7. The van der Waals surface area contributed by atoms with Crippen LogP contribution in [0.5, 0.6) is 0 Å². The smallest absolute Gasteiger partial charge is 0.410 e. The molecule has 1 unspecified atom stereocenters. The maximum atomic E-state index is 12.0. The fourth-order valence-corrected chi connectivity index (χ4v) is 2.10. The summed E-state index contributed by atoms with van der Waals surface area (Å²) in [6.45, 7) is 10.6. The average Bonchev–Trinajstić information content (AvgIpc) is 2.72. The topological polar surface area (TPSA) is 67.6 Å². The van der Waals surface area contributed by atoms with E-state index in [9.17, 15) is 4.79 Å². The number of nitrogens with zero attached hydrogens (tertiary/aromatic N) is 1. The Bertz CT molecular complexity index is 383. The number of hydrogen-bond donors (Lipinski definition) is 2. The van der Waals surface area contributed by atoms with E-state index in [2.05, 4.69) is 11.9 Å². The maximum Gasteiger partial charge on any atom is 0.410 e. The predicted molar refractivity (Wildman–Crippen MR) is 76.4 cm³/mol. The number of nitrogens with two attached hydrogens (primary N) is 1. The Kier molecular flexibility index (Phi) is 4.86. The third-order valence-corrected chi connectivity index (χ3v) is 2.91. The third-order valence-electron chi connectivity index (χ3n) is 2.91. The highest BCUT2D eigenvalue weighted by Crippen LogP contribution is 2.24. The van der Waals surface area contributed by atoms with Crippen molar-refractivity contribution in [1.29, 1.82) is 0 Å². The minimum absolute atomic E-state index is 0.253. The molecule has 1 aliphatic heterocycles. The van der Waals surface area contributed by atoms with E-state index in [0.717, 1.165) is 12.1 Å². The predicted octanol–water partition coefficient (Wildman–Crippen LogP) is 1.82. The van der Waals surface area contributed by atoms with Gasteiger partial charge in [0.05, 0.1) is 0 Å². The van der Waals surface area contributed by atoms with Crippen LogP contribution >= 0.6 is 0 Å². The zero-order chi connectivity index (χ0) is 14.6. The number of carbonyl (C=O) groups excluding carboxylic acids is 1. The molecule has 5 nitrogen and oxygen atoms in total. The highest BCUT2D eigenvalue weighted by atomic mass is 16.6. The highest BCUT2D eigenvalue weighted by Gasteiger charge is 2.31. The standard InChI is InChI=1S/C14H25N3O2/c1-10(15)8-12(16-5)11-6-7-17(9-11)13(18)19-14(2,3)4/h8,11,16H,1,6-7,9,15H2,2-5H3/b12-8-. The molecule has 0 radical (unpaired) electrons. The molecule has 3 N–H and O–H groups in total. The van der Waals surface area contributed by atoms with Gasteiger partial charge in [-0.25, -0.2) is 4.79 Å². The van der Waals surface area contributed by atoms with Gasteiger partial charge in [0, 0.05) is 37.4 Å². The first-order valence-electron chi connectivity index (χ1n) is 6.54. The van der Waals surface area contributed by atoms with Crippen LogP contribution in [0.2, 0.25) is 0 Å². The second-order valence-corrected chi connectivity index (χ2v) is 5.84. The Morgan fingerprint density at radius 2 is 2.16 bits per heavy atom. The molecule has 5 heteroatoms. The minimum Gasteiger partial charge on any atom is -0.444 e. The minimum atomic E-state index is -0.456.